The van der Waals surface area contributed by atoms with Gasteiger partial charge in [-0.1, -0.05) is 0 Å². The number of nitrogens with two attached hydrogens (primary N) is 2. The smallest absolute Gasteiger partial charge is 0.228 e. The molecule has 3 atom stereocenters. The van der Waals surface area contributed by atoms with Crippen molar-refractivity contribution in [1.29, 1.82) is 0 Å². The molecule has 6 heteroatoms. The highest BCUT2D eigenvalue weighted by molar-refractivity contribution is 6.02. The minimum atomic E-state index is -1.48. The Kier molecular flexibility index (Phi) is 2.81. The molecule has 3 unspecified atom stereocenters. The zero-order chi connectivity index (χ0) is 11.8. The number of Topliss-reactive ketones (excluding diaryl/α,β-unsaturated/α-hetero) is 1. The molecule has 2 amide bonds. The summed E-state index contributed by atoms with van der Waals surface area (Å²) in [6.07, 6.45) is -0.370. The van der Waals surface area contributed by atoms with E-state index in [-0.39, 0.29) is 12.8 Å². The average Bonchev–Trinajstić information content (AvgIpc) is 1.99. The maximum atomic E-state index is 11.4. The van der Waals surface area contributed by atoms with Crippen LogP contribution in [0.25, 0.3) is 0 Å². The summed E-state index contributed by atoms with van der Waals surface area (Å²) in [6.45, 7) is 1.36. The van der Waals surface area contributed by atoms with E-state index in [0.29, 0.717) is 0 Å². The molecule has 0 aromatic heterocycles. The van der Waals surface area contributed by atoms with Gasteiger partial charge in [-0.05, 0) is 13.3 Å². The molecule has 0 spiro atoms. The van der Waals surface area contributed by atoms with Crippen molar-refractivity contribution in [1.82, 2.24) is 0 Å². The fourth-order valence-corrected chi connectivity index (χ4v) is 1.92. The third kappa shape index (κ3) is 2.15. The van der Waals surface area contributed by atoms with Gasteiger partial charge in [0.2, 0.25) is 11.8 Å². The van der Waals surface area contributed by atoms with E-state index in [0.717, 1.165) is 0 Å². The second-order valence-electron chi connectivity index (χ2n) is 4.15. The van der Waals surface area contributed by atoms with Crippen molar-refractivity contribution in [2.75, 3.05) is 0 Å². The molecule has 1 saturated carbocycles. The average molecular weight is 214 g/mol. The van der Waals surface area contributed by atoms with Crippen LogP contribution in [0.1, 0.15) is 19.8 Å². The number of hydrogen-bond acceptors (Lipinski definition) is 4. The van der Waals surface area contributed by atoms with E-state index in [1.807, 2.05) is 0 Å². The lowest BCUT2D eigenvalue weighted by Crippen LogP contribution is -2.52. The van der Waals surface area contributed by atoms with Gasteiger partial charge in [-0.3, -0.25) is 14.4 Å². The molecular formula is C9H14N2O4. The normalized spacial score (nSPS) is 36.3. The van der Waals surface area contributed by atoms with Gasteiger partial charge in [-0.25, -0.2) is 0 Å². The van der Waals surface area contributed by atoms with Crippen LogP contribution < -0.4 is 11.5 Å². The standard InChI is InChI=1S/C9H14N2O4/c1-9(15)3-6(12)4(7(10)13)2-5(9)8(11)14/h4-5,15H,2-3H2,1H3,(H2,10,13)(H2,11,14). The summed E-state index contributed by atoms with van der Waals surface area (Å²) in [5.41, 5.74) is 8.63. The predicted octanol–water partition coefficient (Wildman–Crippen LogP) is -1.70. The molecule has 0 aromatic carbocycles. The van der Waals surface area contributed by atoms with Crippen molar-refractivity contribution >= 4 is 17.6 Å². The molecule has 6 nitrogen and oxygen atoms in total. The van der Waals surface area contributed by atoms with Crippen LogP contribution in [-0.4, -0.2) is 28.3 Å². The van der Waals surface area contributed by atoms with Gasteiger partial charge < -0.3 is 16.6 Å². The Hall–Kier alpha value is -1.43. The number of aliphatic hydroxyl groups is 1. The van der Waals surface area contributed by atoms with Crippen LogP contribution in [0.4, 0.5) is 0 Å². The topological polar surface area (TPSA) is 123 Å². The van der Waals surface area contributed by atoms with Crippen LogP contribution in [0.3, 0.4) is 0 Å². The molecule has 0 aliphatic heterocycles. The summed E-state index contributed by atoms with van der Waals surface area (Å²) in [5.74, 6) is -3.86. The Morgan fingerprint density at radius 1 is 1.40 bits per heavy atom. The van der Waals surface area contributed by atoms with Crippen LogP contribution in [0.5, 0.6) is 0 Å². The van der Waals surface area contributed by atoms with Crippen molar-refractivity contribution in [3.8, 4) is 0 Å². The zero-order valence-electron chi connectivity index (χ0n) is 8.40. The quantitative estimate of drug-likeness (QED) is 0.474. The zero-order valence-corrected chi connectivity index (χ0v) is 8.40. The van der Waals surface area contributed by atoms with Gasteiger partial charge in [0.25, 0.3) is 0 Å². The van der Waals surface area contributed by atoms with Gasteiger partial charge in [0.15, 0.2) is 0 Å². The van der Waals surface area contributed by atoms with Gasteiger partial charge in [-0.2, -0.15) is 0 Å². The van der Waals surface area contributed by atoms with E-state index in [2.05, 4.69) is 0 Å². The largest absolute Gasteiger partial charge is 0.389 e. The van der Waals surface area contributed by atoms with E-state index in [9.17, 15) is 19.5 Å². The predicted molar refractivity (Wildman–Crippen MR) is 50.2 cm³/mol. The van der Waals surface area contributed by atoms with Gasteiger partial charge in [-0.15, -0.1) is 0 Å². The molecule has 1 aliphatic carbocycles. The van der Waals surface area contributed by atoms with Gasteiger partial charge >= 0.3 is 0 Å². The highest BCUT2D eigenvalue weighted by Gasteiger charge is 2.47. The van der Waals surface area contributed by atoms with Crippen molar-refractivity contribution in [2.45, 2.75) is 25.4 Å². The molecule has 1 aliphatic rings. The molecule has 5 N–H and O–H groups in total. The van der Waals surface area contributed by atoms with Crippen molar-refractivity contribution in [3.05, 3.63) is 0 Å². The first-order chi connectivity index (χ1) is 6.75. The molecule has 0 heterocycles. The molecule has 15 heavy (non-hydrogen) atoms. The van der Waals surface area contributed by atoms with Crippen LogP contribution in [0.2, 0.25) is 0 Å². The number of hydrogen-bond donors (Lipinski definition) is 3. The summed E-state index contributed by atoms with van der Waals surface area (Å²) in [6, 6.07) is 0. The fraction of sp³-hybridized carbons (Fsp3) is 0.667. The second kappa shape index (κ2) is 3.62. The highest BCUT2D eigenvalue weighted by Crippen LogP contribution is 2.34. The minimum Gasteiger partial charge on any atom is -0.389 e. The Balaban J connectivity index is 2.95. The van der Waals surface area contributed by atoms with E-state index in [4.69, 9.17) is 11.5 Å². The van der Waals surface area contributed by atoms with Gasteiger partial charge in [0.1, 0.15) is 5.78 Å². The van der Waals surface area contributed by atoms with Crippen LogP contribution in [0.15, 0.2) is 0 Å². The molecule has 0 bridgehead atoms. The molecular weight excluding hydrogens is 200 g/mol. The molecule has 84 valence electrons. The number of amides is 2. The first-order valence-corrected chi connectivity index (χ1v) is 4.59. The third-order valence-corrected chi connectivity index (χ3v) is 2.83. The Bertz CT molecular complexity index is 324. The monoisotopic (exact) mass is 214 g/mol. The first kappa shape index (κ1) is 11.6. The maximum absolute atomic E-state index is 11.4. The van der Waals surface area contributed by atoms with Crippen LogP contribution >= 0.6 is 0 Å². The lowest BCUT2D eigenvalue weighted by Gasteiger charge is -2.36. The summed E-state index contributed by atoms with van der Waals surface area (Å²) >= 11 is 0. The fourth-order valence-electron chi connectivity index (χ4n) is 1.92. The van der Waals surface area contributed by atoms with Crippen molar-refractivity contribution in [3.63, 3.8) is 0 Å². The number of carbonyl (C=O) groups is 3. The summed E-state index contributed by atoms with van der Waals surface area (Å²) in [4.78, 5) is 33.4. The Morgan fingerprint density at radius 3 is 2.33 bits per heavy atom. The molecule has 0 radical (unpaired) electrons. The van der Waals surface area contributed by atoms with E-state index in [1.54, 1.807) is 0 Å². The Labute approximate surface area is 86.6 Å². The highest BCUT2D eigenvalue weighted by atomic mass is 16.3. The number of primary amides is 2. The van der Waals surface area contributed by atoms with Crippen LogP contribution in [0, 0.1) is 11.8 Å². The second-order valence-corrected chi connectivity index (χ2v) is 4.15. The molecule has 1 fully saturated rings. The lowest BCUT2D eigenvalue weighted by atomic mass is 9.70. The summed E-state index contributed by atoms with van der Waals surface area (Å²) < 4.78 is 0. The molecule has 1 rings (SSSR count). The summed E-state index contributed by atoms with van der Waals surface area (Å²) in [5, 5.41) is 9.80. The third-order valence-electron chi connectivity index (χ3n) is 2.83. The van der Waals surface area contributed by atoms with E-state index in [1.165, 1.54) is 6.92 Å². The number of carbonyl (C=O) groups excluding carboxylic acids is 3. The van der Waals surface area contributed by atoms with Crippen molar-refractivity contribution in [2.24, 2.45) is 23.3 Å². The lowest BCUT2D eigenvalue weighted by molar-refractivity contribution is -0.149. The van der Waals surface area contributed by atoms with Gasteiger partial charge in [0.05, 0.1) is 17.4 Å². The molecule has 0 aromatic rings. The molecule has 0 saturated heterocycles. The van der Waals surface area contributed by atoms with E-state index >= 15 is 0 Å². The summed E-state index contributed by atoms with van der Waals surface area (Å²) in [7, 11) is 0. The van der Waals surface area contributed by atoms with Crippen LogP contribution in [-0.2, 0) is 14.4 Å². The number of ketones is 1. The SMILES string of the molecule is CC1(O)CC(=O)C(C(N)=O)CC1C(N)=O. The Morgan fingerprint density at radius 2 is 1.93 bits per heavy atom. The number of rotatable bonds is 2. The minimum absolute atomic E-state index is 0.101. The maximum Gasteiger partial charge on any atom is 0.228 e. The van der Waals surface area contributed by atoms with Crippen molar-refractivity contribution < 1.29 is 19.5 Å². The van der Waals surface area contributed by atoms with E-state index < -0.39 is 35.0 Å². The first-order valence-electron chi connectivity index (χ1n) is 4.59. The van der Waals surface area contributed by atoms with Gasteiger partial charge in [0, 0.05) is 6.42 Å².